The first kappa shape index (κ1) is 14.1. The lowest BCUT2D eigenvalue weighted by molar-refractivity contribution is 0.475. The molecule has 0 atom stereocenters. The molecule has 0 radical (unpaired) electrons. The number of aromatic hydroxyl groups is 1. The molecule has 1 aromatic carbocycles. The summed E-state index contributed by atoms with van der Waals surface area (Å²) in [7, 11) is -3.90. The van der Waals surface area contributed by atoms with Crippen LogP contribution in [0.15, 0.2) is 28.5 Å². The summed E-state index contributed by atoms with van der Waals surface area (Å²) in [6.45, 7) is 1.68. The zero-order valence-electron chi connectivity index (χ0n) is 9.65. The number of nitrogens with one attached hydrogen (secondary N) is 1. The normalized spacial score (nSPS) is 11.5. The summed E-state index contributed by atoms with van der Waals surface area (Å²) < 4.78 is 39.6. The quantitative estimate of drug-likeness (QED) is 0.852. The number of phenolic OH excluding ortho intramolecular Hbond substituents is 1. The van der Waals surface area contributed by atoms with E-state index >= 15 is 0 Å². The minimum absolute atomic E-state index is 0.00124. The van der Waals surface area contributed by atoms with Crippen molar-refractivity contribution in [2.45, 2.75) is 11.1 Å². The number of sulfonamides is 1. The van der Waals surface area contributed by atoms with E-state index < -0.39 is 15.8 Å². The Hall–Kier alpha value is -1.31. The molecule has 0 saturated heterocycles. The zero-order chi connectivity index (χ0) is 14.2. The minimum atomic E-state index is -3.90. The summed E-state index contributed by atoms with van der Waals surface area (Å²) >= 11 is 6.70. The molecule has 0 saturated carbocycles. The highest BCUT2D eigenvalue weighted by Gasteiger charge is 2.20. The van der Waals surface area contributed by atoms with Gasteiger partial charge in [-0.3, -0.25) is 4.72 Å². The topological polar surface area (TPSA) is 66.4 Å². The van der Waals surface area contributed by atoms with Crippen molar-refractivity contribution in [2.24, 2.45) is 0 Å². The monoisotopic (exact) mass is 321 g/mol. The summed E-state index contributed by atoms with van der Waals surface area (Å²) in [6, 6.07) is 4.40. The number of hydrogen-bond acceptors (Lipinski definition) is 4. The molecule has 0 aliphatic carbocycles. The SMILES string of the molecule is Cc1cc(S(=O)(=O)Nc2cc(F)ccc2O)sc1Cl. The fraction of sp³-hybridized carbons (Fsp3) is 0.0909. The third kappa shape index (κ3) is 2.99. The Labute approximate surface area is 118 Å². The van der Waals surface area contributed by atoms with Crippen LogP contribution in [-0.4, -0.2) is 13.5 Å². The average molecular weight is 322 g/mol. The van der Waals surface area contributed by atoms with Crippen molar-refractivity contribution in [3.05, 3.63) is 40.0 Å². The Morgan fingerprint density at radius 3 is 2.63 bits per heavy atom. The summed E-state index contributed by atoms with van der Waals surface area (Å²) in [4.78, 5) is 0. The van der Waals surface area contributed by atoms with Crippen molar-refractivity contribution in [3.8, 4) is 5.75 Å². The summed E-state index contributed by atoms with van der Waals surface area (Å²) in [6.07, 6.45) is 0. The van der Waals surface area contributed by atoms with Gasteiger partial charge in [0.2, 0.25) is 0 Å². The predicted octanol–water partition coefficient (Wildman–Crippen LogP) is 3.36. The van der Waals surface area contributed by atoms with Crippen molar-refractivity contribution in [2.75, 3.05) is 4.72 Å². The van der Waals surface area contributed by atoms with Gasteiger partial charge in [0.1, 0.15) is 15.8 Å². The van der Waals surface area contributed by atoms with Gasteiger partial charge in [-0.2, -0.15) is 0 Å². The summed E-state index contributed by atoms with van der Waals surface area (Å²) in [5.74, 6) is -1.01. The van der Waals surface area contributed by atoms with Gasteiger partial charge in [-0.15, -0.1) is 11.3 Å². The standard InChI is InChI=1S/C11H9ClFNO3S2/c1-6-4-10(18-11(6)12)19(16,17)14-8-5-7(13)2-3-9(8)15/h2-5,14-15H,1H3. The van der Waals surface area contributed by atoms with Crippen LogP contribution in [0.3, 0.4) is 0 Å². The van der Waals surface area contributed by atoms with Gasteiger partial charge in [-0.1, -0.05) is 11.6 Å². The second-order valence-corrected chi connectivity index (χ2v) is 7.35. The van der Waals surface area contributed by atoms with Gasteiger partial charge in [0.05, 0.1) is 10.0 Å². The van der Waals surface area contributed by atoms with Crippen LogP contribution in [0.5, 0.6) is 5.75 Å². The van der Waals surface area contributed by atoms with Gasteiger partial charge < -0.3 is 5.11 Å². The van der Waals surface area contributed by atoms with Gasteiger partial charge in [-0.25, -0.2) is 12.8 Å². The van der Waals surface area contributed by atoms with Gasteiger partial charge in [0.15, 0.2) is 0 Å². The van der Waals surface area contributed by atoms with E-state index in [-0.39, 0.29) is 15.6 Å². The highest BCUT2D eigenvalue weighted by molar-refractivity contribution is 7.94. The molecular formula is C11H9ClFNO3S2. The molecule has 4 nitrogen and oxygen atoms in total. The molecular weight excluding hydrogens is 313 g/mol. The molecule has 2 rings (SSSR count). The van der Waals surface area contributed by atoms with Crippen LogP contribution in [0.4, 0.5) is 10.1 Å². The van der Waals surface area contributed by atoms with Crippen LogP contribution in [0.2, 0.25) is 4.34 Å². The lowest BCUT2D eigenvalue weighted by atomic mass is 10.3. The number of rotatable bonds is 3. The summed E-state index contributed by atoms with van der Waals surface area (Å²) in [5.41, 5.74) is 0.415. The number of benzene rings is 1. The van der Waals surface area contributed by atoms with E-state index in [1.807, 2.05) is 0 Å². The second kappa shape index (κ2) is 4.99. The Balaban J connectivity index is 2.39. The Morgan fingerprint density at radius 1 is 1.37 bits per heavy atom. The molecule has 0 aliphatic heterocycles. The number of thiophene rings is 1. The van der Waals surface area contributed by atoms with Crippen LogP contribution in [0.1, 0.15) is 5.56 Å². The number of aryl methyl sites for hydroxylation is 1. The van der Waals surface area contributed by atoms with Gasteiger partial charge >= 0.3 is 0 Å². The van der Waals surface area contributed by atoms with Gasteiger partial charge in [0, 0.05) is 6.07 Å². The largest absolute Gasteiger partial charge is 0.506 e. The zero-order valence-corrected chi connectivity index (χ0v) is 12.0. The molecule has 2 aromatic rings. The van der Waals surface area contributed by atoms with E-state index in [2.05, 4.69) is 4.72 Å². The number of halogens is 2. The average Bonchev–Trinajstić information content (AvgIpc) is 2.65. The Bertz CT molecular complexity index is 708. The van der Waals surface area contributed by atoms with Crippen molar-refractivity contribution in [1.82, 2.24) is 0 Å². The maximum atomic E-state index is 13.0. The molecule has 19 heavy (non-hydrogen) atoms. The molecule has 0 aliphatic rings. The first-order chi connectivity index (χ1) is 8.79. The minimum Gasteiger partial charge on any atom is -0.506 e. The van der Waals surface area contributed by atoms with E-state index in [9.17, 15) is 17.9 Å². The fourth-order valence-corrected chi connectivity index (χ4v) is 4.12. The lowest BCUT2D eigenvalue weighted by Crippen LogP contribution is -2.11. The Kier molecular flexibility index (Phi) is 3.71. The molecule has 0 bridgehead atoms. The van der Waals surface area contributed by atoms with E-state index in [1.165, 1.54) is 6.07 Å². The van der Waals surface area contributed by atoms with Crippen LogP contribution >= 0.6 is 22.9 Å². The number of hydrogen-bond donors (Lipinski definition) is 2. The molecule has 0 unspecified atom stereocenters. The lowest BCUT2D eigenvalue weighted by Gasteiger charge is -2.07. The van der Waals surface area contributed by atoms with Crippen molar-refractivity contribution in [1.29, 1.82) is 0 Å². The summed E-state index contributed by atoms with van der Waals surface area (Å²) in [5, 5.41) is 9.49. The number of anilines is 1. The fourth-order valence-electron chi connectivity index (χ4n) is 1.35. The van der Waals surface area contributed by atoms with E-state index in [1.54, 1.807) is 6.92 Å². The first-order valence-corrected chi connectivity index (χ1v) is 7.74. The van der Waals surface area contributed by atoms with Crippen LogP contribution in [0, 0.1) is 12.7 Å². The third-order valence-electron chi connectivity index (χ3n) is 2.30. The highest BCUT2D eigenvalue weighted by atomic mass is 35.5. The molecule has 0 fully saturated rings. The molecule has 2 N–H and O–H groups in total. The third-order valence-corrected chi connectivity index (χ3v) is 5.70. The second-order valence-electron chi connectivity index (χ2n) is 3.79. The van der Waals surface area contributed by atoms with Gasteiger partial charge in [0.25, 0.3) is 10.0 Å². The van der Waals surface area contributed by atoms with Gasteiger partial charge in [-0.05, 0) is 30.7 Å². The molecule has 102 valence electrons. The Morgan fingerprint density at radius 2 is 2.05 bits per heavy atom. The molecule has 1 heterocycles. The van der Waals surface area contributed by atoms with Crippen molar-refractivity contribution < 1.29 is 17.9 Å². The van der Waals surface area contributed by atoms with Crippen molar-refractivity contribution >= 4 is 38.6 Å². The molecule has 1 aromatic heterocycles. The molecule has 0 amide bonds. The molecule has 0 spiro atoms. The van der Waals surface area contributed by atoms with Crippen LogP contribution in [0.25, 0.3) is 0 Å². The van der Waals surface area contributed by atoms with Crippen LogP contribution < -0.4 is 4.72 Å². The smallest absolute Gasteiger partial charge is 0.271 e. The maximum absolute atomic E-state index is 13.0. The maximum Gasteiger partial charge on any atom is 0.271 e. The molecule has 8 heteroatoms. The van der Waals surface area contributed by atoms with Crippen LogP contribution in [-0.2, 0) is 10.0 Å². The van der Waals surface area contributed by atoms with E-state index in [0.717, 1.165) is 29.5 Å². The predicted molar refractivity (Wildman–Crippen MR) is 72.9 cm³/mol. The highest BCUT2D eigenvalue weighted by Crippen LogP contribution is 2.33. The number of phenols is 1. The van der Waals surface area contributed by atoms with Crippen molar-refractivity contribution in [3.63, 3.8) is 0 Å². The first-order valence-electron chi connectivity index (χ1n) is 5.07. The van der Waals surface area contributed by atoms with E-state index in [0.29, 0.717) is 9.90 Å². The van der Waals surface area contributed by atoms with E-state index in [4.69, 9.17) is 11.6 Å².